The molecular weight excluding hydrogens is 340 g/mol. The fourth-order valence-electron chi connectivity index (χ4n) is 3.86. The lowest BCUT2D eigenvalue weighted by atomic mass is 9.69. The maximum atomic E-state index is 12.8. The fourth-order valence-corrected chi connectivity index (χ4v) is 3.86. The SMILES string of the molecule is NC(=O)COc1ccccc1C(=O)NCC1(c2ccccc2)CCCCC1. The van der Waals surface area contributed by atoms with E-state index in [4.69, 9.17) is 10.5 Å². The molecule has 0 spiro atoms. The zero-order valence-corrected chi connectivity index (χ0v) is 15.4. The van der Waals surface area contributed by atoms with Gasteiger partial charge in [0, 0.05) is 12.0 Å². The van der Waals surface area contributed by atoms with Crippen molar-refractivity contribution >= 4 is 11.8 Å². The molecule has 1 fully saturated rings. The summed E-state index contributed by atoms with van der Waals surface area (Å²) in [6.45, 7) is 0.332. The van der Waals surface area contributed by atoms with Gasteiger partial charge < -0.3 is 15.8 Å². The van der Waals surface area contributed by atoms with E-state index in [1.54, 1.807) is 24.3 Å². The largest absolute Gasteiger partial charge is 0.483 e. The van der Waals surface area contributed by atoms with E-state index in [0.717, 1.165) is 12.8 Å². The highest BCUT2D eigenvalue weighted by atomic mass is 16.5. The average molecular weight is 366 g/mol. The number of nitrogens with one attached hydrogen (secondary N) is 1. The first-order valence-electron chi connectivity index (χ1n) is 9.45. The van der Waals surface area contributed by atoms with E-state index in [0.29, 0.717) is 17.9 Å². The summed E-state index contributed by atoms with van der Waals surface area (Å²) in [7, 11) is 0. The number of benzene rings is 2. The summed E-state index contributed by atoms with van der Waals surface area (Å²) in [5.74, 6) is -0.405. The van der Waals surface area contributed by atoms with Crippen LogP contribution in [0.3, 0.4) is 0 Å². The molecule has 2 aromatic rings. The molecule has 0 atom stereocenters. The molecule has 1 aliphatic rings. The van der Waals surface area contributed by atoms with E-state index in [-0.39, 0.29) is 17.9 Å². The van der Waals surface area contributed by atoms with Gasteiger partial charge in [0.05, 0.1) is 5.56 Å². The van der Waals surface area contributed by atoms with Crippen LogP contribution < -0.4 is 15.8 Å². The number of rotatable bonds is 7. The molecule has 2 amide bonds. The summed E-state index contributed by atoms with van der Waals surface area (Å²) in [4.78, 5) is 23.8. The van der Waals surface area contributed by atoms with E-state index in [2.05, 4.69) is 29.6 Å². The number of ether oxygens (including phenoxy) is 1. The van der Waals surface area contributed by atoms with Gasteiger partial charge in [0.15, 0.2) is 6.61 Å². The van der Waals surface area contributed by atoms with Crippen LogP contribution in [0.15, 0.2) is 54.6 Å². The molecule has 1 aliphatic carbocycles. The van der Waals surface area contributed by atoms with Crippen LogP contribution in [0.1, 0.15) is 48.0 Å². The fraction of sp³-hybridized carbons (Fsp3) is 0.364. The van der Waals surface area contributed by atoms with Crippen LogP contribution in [-0.2, 0) is 10.2 Å². The molecule has 5 nitrogen and oxygen atoms in total. The van der Waals surface area contributed by atoms with Crippen LogP contribution in [0.25, 0.3) is 0 Å². The van der Waals surface area contributed by atoms with E-state index in [1.807, 2.05) is 6.07 Å². The lowest BCUT2D eigenvalue weighted by Crippen LogP contribution is -2.42. The number of carbonyl (C=O) groups is 2. The average Bonchev–Trinajstić information content (AvgIpc) is 2.72. The highest BCUT2D eigenvalue weighted by Gasteiger charge is 2.34. The smallest absolute Gasteiger partial charge is 0.255 e. The predicted octanol–water partition coefficient (Wildman–Crippen LogP) is 3.18. The van der Waals surface area contributed by atoms with Crippen molar-refractivity contribution in [3.8, 4) is 5.75 Å². The molecule has 27 heavy (non-hydrogen) atoms. The number of carbonyl (C=O) groups excluding carboxylic acids is 2. The van der Waals surface area contributed by atoms with Crippen molar-refractivity contribution in [2.45, 2.75) is 37.5 Å². The Labute approximate surface area is 159 Å². The molecule has 0 bridgehead atoms. The lowest BCUT2D eigenvalue weighted by molar-refractivity contribution is -0.119. The minimum Gasteiger partial charge on any atom is -0.483 e. The maximum Gasteiger partial charge on any atom is 0.255 e. The van der Waals surface area contributed by atoms with Gasteiger partial charge in [-0.3, -0.25) is 9.59 Å². The summed E-state index contributed by atoms with van der Waals surface area (Å²) >= 11 is 0. The van der Waals surface area contributed by atoms with E-state index in [1.165, 1.54) is 24.8 Å². The highest BCUT2D eigenvalue weighted by Crippen LogP contribution is 2.39. The first kappa shape index (κ1) is 19.0. The van der Waals surface area contributed by atoms with Crippen LogP contribution in [0, 0.1) is 0 Å². The zero-order valence-electron chi connectivity index (χ0n) is 15.4. The topological polar surface area (TPSA) is 81.4 Å². The van der Waals surface area contributed by atoms with Crippen molar-refractivity contribution in [1.29, 1.82) is 0 Å². The van der Waals surface area contributed by atoms with Crippen molar-refractivity contribution in [2.75, 3.05) is 13.2 Å². The van der Waals surface area contributed by atoms with Crippen molar-refractivity contribution in [3.63, 3.8) is 0 Å². The van der Waals surface area contributed by atoms with Crippen LogP contribution >= 0.6 is 0 Å². The standard InChI is InChI=1S/C22H26N2O3/c23-20(25)15-27-19-12-6-5-11-18(19)21(26)24-16-22(13-7-2-8-14-22)17-9-3-1-4-10-17/h1,3-6,9-12H,2,7-8,13-16H2,(H2,23,25)(H,24,26). The Morgan fingerprint density at radius 2 is 1.63 bits per heavy atom. The van der Waals surface area contributed by atoms with Crippen LogP contribution in [0.2, 0.25) is 0 Å². The first-order valence-corrected chi connectivity index (χ1v) is 9.45. The third-order valence-corrected chi connectivity index (χ3v) is 5.29. The molecule has 3 rings (SSSR count). The molecule has 0 saturated heterocycles. The van der Waals surface area contributed by atoms with Gasteiger partial charge in [0.1, 0.15) is 5.75 Å². The van der Waals surface area contributed by atoms with Crippen LogP contribution in [0.4, 0.5) is 0 Å². The van der Waals surface area contributed by atoms with Crippen LogP contribution in [0.5, 0.6) is 5.75 Å². The minimum atomic E-state index is -0.574. The van der Waals surface area contributed by atoms with Crippen molar-refractivity contribution in [2.24, 2.45) is 5.73 Å². The number of hydrogen-bond donors (Lipinski definition) is 2. The van der Waals surface area contributed by atoms with E-state index < -0.39 is 5.91 Å². The molecule has 0 unspecified atom stereocenters. The monoisotopic (exact) mass is 366 g/mol. The zero-order chi connectivity index (χ0) is 19.1. The van der Waals surface area contributed by atoms with E-state index >= 15 is 0 Å². The quantitative estimate of drug-likeness (QED) is 0.790. The summed E-state index contributed by atoms with van der Waals surface area (Å²) < 4.78 is 5.39. The Bertz CT molecular complexity index is 783. The summed E-state index contributed by atoms with van der Waals surface area (Å²) in [6, 6.07) is 17.3. The number of amides is 2. The van der Waals surface area contributed by atoms with E-state index in [9.17, 15) is 9.59 Å². The molecule has 3 N–H and O–H groups in total. The molecule has 142 valence electrons. The third-order valence-electron chi connectivity index (χ3n) is 5.29. The molecule has 0 radical (unpaired) electrons. The first-order chi connectivity index (χ1) is 13.1. The molecule has 1 saturated carbocycles. The Balaban J connectivity index is 1.75. The highest BCUT2D eigenvalue weighted by molar-refractivity contribution is 5.97. The summed E-state index contributed by atoms with van der Waals surface area (Å²) in [5, 5.41) is 3.10. The molecular formula is C22H26N2O3. The minimum absolute atomic E-state index is 0.0296. The van der Waals surface area contributed by atoms with Gasteiger partial charge in [-0.25, -0.2) is 0 Å². The molecule has 0 aliphatic heterocycles. The molecule has 0 heterocycles. The number of nitrogens with two attached hydrogens (primary N) is 1. The lowest BCUT2D eigenvalue weighted by Gasteiger charge is -2.38. The maximum absolute atomic E-state index is 12.8. The normalized spacial score (nSPS) is 15.7. The third kappa shape index (κ3) is 4.67. The van der Waals surface area contributed by atoms with Crippen LogP contribution in [-0.4, -0.2) is 25.0 Å². The number of primary amides is 1. The Hall–Kier alpha value is -2.82. The van der Waals surface area contributed by atoms with Gasteiger partial charge in [0.25, 0.3) is 11.8 Å². The second-order valence-electron chi connectivity index (χ2n) is 7.14. The van der Waals surface area contributed by atoms with Gasteiger partial charge >= 0.3 is 0 Å². The summed E-state index contributed by atoms with van der Waals surface area (Å²) in [6.07, 6.45) is 5.71. The molecule has 2 aromatic carbocycles. The van der Waals surface area contributed by atoms with Gasteiger partial charge in [-0.2, -0.15) is 0 Å². The van der Waals surface area contributed by atoms with Gasteiger partial charge in [-0.1, -0.05) is 61.7 Å². The number of hydrogen-bond acceptors (Lipinski definition) is 3. The van der Waals surface area contributed by atoms with Crippen molar-refractivity contribution in [3.05, 3.63) is 65.7 Å². The predicted molar refractivity (Wildman–Crippen MR) is 105 cm³/mol. The number of para-hydroxylation sites is 1. The van der Waals surface area contributed by atoms with Gasteiger partial charge in [-0.05, 0) is 30.5 Å². The molecule has 0 aromatic heterocycles. The Morgan fingerprint density at radius 3 is 2.33 bits per heavy atom. The van der Waals surface area contributed by atoms with Crippen molar-refractivity contribution in [1.82, 2.24) is 5.32 Å². The second kappa shape index (κ2) is 8.71. The Morgan fingerprint density at radius 1 is 0.963 bits per heavy atom. The summed E-state index contributed by atoms with van der Waals surface area (Å²) in [5.41, 5.74) is 6.81. The van der Waals surface area contributed by atoms with Gasteiger partial charge in [-0.15, -0.1) is 0 Å². The van der Waals surface area contributed by atoms with Crippen molar-refractivity contribution < 1.29 is 14.3 Å². The molecule has 5 heteroatoms. The Kier molecular flexibility index (Phi) is 6.12. The second-order valence-corrected chi connectivity index (χ2v) is 7.14. The van der Waals surface area contributed by atoms with Gasteiger partial charge in [0.2, 0.25) is 0 Å².